The SMILES string of the molecule is CC1C(C(F)(F)F)CCN1C(=O)CCNC(=O)c1ccc2cn[nH]c2c1. The van der Waals surface area contributed by atoms with Crippen molar-refractivity contribution in [3.05, 3.63) is 30.0 Å². The lowest BCUT2D eigenvalue weighted by Gasteiger charge is -2.26. The molecule has 0 aliphatic carbocycles. The molecule has 140 valence electrons. The van der Waals surface area contributed by atoms with Crippen molar-refractivity contribution < 1.29 is 22.8 Å². The second kappa shape index (κ2) is 6.97. The minimum Gasteiger partial charge on any atom is -0.352 e. The molecule has 2 N–H and O–H groups in total. The van der Waals surface area contributed by atoms with E-state index in [4.69, 9.17) is 0 Å². The van der Waals surface area contributed by atoms with E-state index in [1.165, 1.54) is 11.8 Å². The Bertz CT molecular complexity index is 818. The molecule has 1 aromatic heterocycles. The summed E-state index contributed by atoms with van der Waals surface area (Å²) in [5, 5.41) is 10.1. The molecule has 0 saturated carbocycles. The minimum atomic E-state index is -4.30. The Morgan fingerprint density at radius 1 is 1.38 bits per heavy atom. The van der Waals surface area contributed by atoms with E-state index in [0.717, 1.165) is 10.9 Å². The average molecular weight is 368 g/mol. The highest BCUT2D eigenvalue weighted by Crippen LogP contribution is 2.38. The average Bonchev–Trinajstić information content (AvgIpc) is 3.19. The zero-order valence-corrected chi connectivity index (χ0v) is 14.1. The lowest BCUT2D eigenvalue weighted by Crippen LogP contribution is -2.41. The van der Waals surface area contributed by atoms with E-state index < -0.39 is 18.1 Å². The molecule has 1 aliphatic rings. The summed E-state index contributed by atoms with van der Waals surface area (Å²) >= 11 is 0. The van der Waals surface area contributed by atoms with Crippen LogP contribution < -0.4 is 5.32 Å². The molecule has 1 aromatic carbocycles. The Morgan fingerprint density at radius 3 is 2.85 bits per heavy atom. The molecule has 2 amide bonds. The number of fused-ring (bicyclic) bond motifs is 1. The van der Waals surface area contributed by atoms with Crippen molar-refractivity contribution in [3.63, 3.8) is 0 Å². The van der Waals surface area contributed by atoms with Crippen LogP contribution in [0.15, 0.2) is 24.4 Å². The summed E-state index contributed by atoms with van der Waals surface area (Å²) in [6.07, 6.45) is -2.77. The van der Waals surface area contributed by atoms with Gasteiger partial charge in [0.15, 0.2) is 0 Å². The number of carbonyl (C=O) groups is 2. The van der Waals surface area contributed by atoms with Gasteiger partial charge in [-0.15, -0.1) is 0 Å². The standard InChI is InChI=1S/C17H19F3N4O2/c1-10-13(17(18,19)20)5-7-24(10)15(25)4-6-21-16(26)11-2-3-12-9-22-23-14(12)8-11/h2-3,8-10,13H,4-7H2,1H3,(H,21,26)(H,22,23). The second-order valence-electron chi connectivity index (χ2n) is 6.44. The Hall–Kier alpha value is -2.58. The van der Waals surface area contributed by atoms with Gasteiger partial charge in [-0.25, -0.2) is 0 Å². The molecule has 0 bridgehead atoms. The van der Waals surface area contributed by atoms with Gasteiger partial charge in [-0.2, -0.15) is 18.3 Å². The summed E-state index contributed by atoms with van der Waals surface area (Å²) in [4.78, 5) is 25.6. The van der Waals surface area contributed by atoms with Gasteiger partial charge in [-0.3, -0.25) is 14.7 Å². The summed E-state index contributed by atoms with van der Waals surface area (Å²) < 4.78 is 38.6. The molecule has 2 aromatic rings. The number of aromatic amines is 1. The van der Waals surface area contributed by atoms with E-state index in [0.29, 0.717) is 5.56 Å². The number of likely N-dealkylation sites (tertiary alicyclic amines) is 1. The Kier molecular flexibility index (Phi) is 4.88. The Morgan fingerprint density at radius 2 is 2.15 bits per heavy atom. The summed E-state index contributed by atoms with van der Waals surface area (Å²) in [6, 6.07) is 4.17. The van der Waals surface area contributed by atoms with Crippen LogP contribution in [0, 0.1) is 5.92 Å². The quantitative estimate of drug-likeness (QED) is 0.870. The molecule has 0 spiro atoms. The van der Waals surface area contributed by atoms with Gasteiger partial charge < -0.3 is 10.2 Å². The van der Waals surface area contributed by atoms with Crippen LogP contribution in [-0.2, 0) is 4.79 Å². The number of alkyl halides is 3. The molecular weight excluding hydrogens is 349 g/mol. The van der Waals surface area contributed by atoms with E-state index in [1.54, 1.807) is 24.4 Å². The highest BCUT2D eigenvalue weighted by molar-refractivity contribution is 5.97. The number of halogens is 3. The number of rotatable bonds is 4. The van der Waals surface area contributed by atoms with Crippen LogP contribution in [-0.4, -0.2) is 52.2 Å². The Balaban J connectivity index is 1.51. The van der Waals surface area contributed by atoms with Crippen molar-refractivity contribution in [2.24, 2.45) is 5.92 Å². The van der Waals surface area contributed by atoms with E-state index in [2.05, 4.69) is 15.5 Å². The first kappa shape index (κ1) is 18.2. The van der Waals surface area contributed by atoms with E-state index in [9.17, 15) is 22.8 Å². The minimum absolute atomic E-state index is 0.0348. The van der Waals surface area contributed by atoms with Gasteiger partial charge in [0.25, 0.3) is 5.91 Å². The van der Waals surface area contributed by atoms with Gasteiger partial charge in [0.1, 0.15) is 0 Å². The normalized spacial score (nSPS) is 20.5. The van der Waals surface area contributed by atoms with Crippen molar-refractivity contribution in [3.8, 4) is 0 Å². The van der Waals surface area contributed by atoms with Gasteiger partial charge in [-0.1, -0.05) is 6.07 Å². The first-order valence-corrected chi connectivity index (χ1v) is 8.35. The maximum absolute atomic E-state index is 12.9. The molecule has 26 heavy (non-hydrogen) atoms. The molecule has 9 heteroatoms. The van der Waals surface area contributed by atoms with Crippen molar-refractivity contribution in [1.29, 1.82) is 0 Å². The third kappa shape index (κ3) is 3.66. The predicted molar refractivity (Wildman–Crippen MR) is 88.4 cm³/mol. The van der Waals surface area contributed by atoms with Gasteiger partial charge in [0, 0.05) is 36.5 Å². The fourth-order valence-corrected chi connectivity index (χ4v) is 3.34. The summed E-state index contributed by atoms with van der Waals surface area (Å²) in [6.45, 7) is 1.58. The van der Waals surface area contributed by atoms with E-state index >= 15 is 0 Å². The van der Waals surface area contributed by atoms with Crippen LogP contribution in [0.5, 0.6) is 0 Å². The smallest absolute Gasteiger partial charge is 0.352 e. The fraction of sp³-hybridized carbons (Fsp3) is 0.471. The number of aromatic nitrogens is 2. The van der Waals surface area contributed by atoms with Gasteiger partial charge in [-0.05, 0) is 25.5 Å². The van der Waals surface area contributed by atoms with E-state index in [1.807, 2.05) is 0 Å². The van der Waals surface area contributed by atoms with E-state index in [-0.39, 0.29) is 37.7 Å². The summed E-state index contributed by atoms with van der Waals surface area (Å²) in [7, 11) is 0. The topological polar surface area (TPSA) is 78.1 Å². The highest BCUT2D eigenvalue weighted by atomic mass is 19.4. The number of carbonyl (C=O) groups excluding carboxylic acids is 2. The van der Waals surface area contributed by atoms with Gasteiger partial charge in [0.05, 0.1) is 17.6 Å². The fourth-order valence-electron chi connectivity index (χ4n) is 3.34. The zero-order valence-electron chi connectivity index (χ0n) is 14.1. The van der Waals surface area contributed by atoms with Crippen LogP contribution >= 0.6 is 0 Å². The number of H-pyrrole nitrogens is 1. The summed E-state index contributed by atoms with van der Waals surface area (Å²) in [5.41, 5.74) is 1.14. The molecule has 6 nitrogen and oxygen atoms in total. The first-order chi connectivity index (χ1) is 12.3. The summed E-state index contributed by atoms with van der Waals surface area (Å²) in [5.74, 6) is -2.22. The zero-order chi connectivity index (χ0) is 18.9. The lowest BCUT2D eigenvalue weighted by atomic mass is 10.0. The van der Waals surface area contributed by atoms with Gasteiger partial charge >= 0.3 is 6.18 Å². The van der Waals surface area contributed by atoms with Crippen molar-refractivity contribution >= 4 is 22.7 Å². The highest BCUT2D eigenvalue weighted by Gasteiger charge is 2.49. The maximum atomic E-state index is 12.9. The molecule has 1 aliphatic heterocycles. The van der Waals surface area contributed by atoms with Crippen LogP contribution in [0.2, 0.25) is 0 Å². The number of nitrogens with one attached hydrogen (secondary N) is 2. The largest absolute Gasteiger partial charge is 0.393 e. The van der Waals surface area contributed by atoms with Crippen LogP contribution in [0.1, 0.15) is 30.1 Å². The Labute approximate surface area is 147 Å². The monoisotopic (exact) mass is 368 g/mol. The first-order valence-electron chi connectivity index (χ1n) is 8.35. The number of amides is 2. The molecule has 1 saturated heterocycles. The van der Waals surface area contributed by atoms with Crippen molar-refractivity contribution in [1.82, 2.24) is 20.4 Å². The van der Waals surface area contributed by atoms with Crippen molar-refractivity contribution in [2.45, 2.75) is 32.0 Å². The number of benzene rings is 1. The lowest BCUT2D eigenvalue weighted by molar-refractivity contribution is -0.179. The number of nitrogens with zero attached hydrogens (tertiary/aromatic N) is 2. The molecule has 0 radical (unpaired) electrons. The molecule has 2 unspecified atom stereocenters. The van der Waals surface area contributed by atoms with Crippen LogP contribution in [0.25, 0.3) is 10.9 Å². The molecule has 1 fully saturated rings. The van der Waals surface area contributed by atoms with Crippen LogP contribution in [0.4, 0.5) is 13.2 Å². The number of hydrogen-bond donors (Lipinski definition) is 2. The third-order valence-electron chi connectivity index (χ3n) is 4.82. The third-order valence-corrected chi connectivity index (χ3v) is 4.82. The predicted octanol–water partition coefficient (Wildman–Crippen LogP) is 2.48. The molecule has 2 heterocycles. The molecular formula is C17H19F3N4O2. The molecule has 2 atom stereocenters. The van der Waals surface area contributed by atoms with Gasteiger partial charge in [0.2, 0.25) is 5.91 Å². The van der Waals surface area contributed by atoms with Crippen molar-refractivity contribution in [2.75, 3.05) is 13.1 Å². The molecule has 3 rings (SSSR count). The second-order valence-corrected chi connectivity index (χ2v) is 6.44. The number of hydrogen-bond acceptors (Lipinski definition) is 3. The maximum Gasteiger partial charge on any atom is 0.393 e. The van der Waals surface area contributed by atoms with Crippen LogP contribution in [0.3, 0.4) is 0 Å².